The second kappa shape index (κ2) is 6.91. The lowest BCUT2D eigenvalue weighted by Crippen LogP contribution is -2.23. The maximum absolute atomic E-state index is 6.20. The lowest BCUT2D eigenvalue weighted by Gasteiger charge is -2.24. The number of ether oxygens (including phenoxy) is 1. The van der Waals surface area contributed by atoms with Crippen LogP contribution in [0.4, 0.5) is 5.82 Å². The van der Waals surface area contributed by atoms with Crippen LogP contribution in [0.3, 0.4) is 0 Å². The van der Waals surface area contributed by atoms with Gasteiger partial charge in [-0.25, -0.2) is 9.97 Å². The maximum atomic E-state index is 6.20. The van der Waals surface area contributed by atoms with Crippen LogP contribution in [0.15, 0.2) is 61.1 Å². The minimum absolute atomic E-state index is 0.00296. The summed E-state index contributed by atoms with van der Waals surface area (Å²) in [7, 11) is 0. The molecule has 1 aromatic carbocycles. The van der Waals surface area contributed by atoms with E-state index in [1.807, 2.05) is 30.3 Å². The van der Waals surface area contributed by atoms with E-state index in [0.717, 1.165) is 27.9 Å². The first-order valence-electron chi connectivity index (χ1n) is 9.27. The van der Waals surface area contributed by atoms with Gasteiger partial charge in [-0.2, -0.15) is 0 Å². The Morgan fingerprint density at radius 1 is 1.15 bits per heavy atom. The van der Waals surface area contributed by atoms with E-state index in [1.165, 1.54) is 6.33 Å². The molecule has 138 valence electrons. The molecule has 5 heteroatoms. The predicted molar refractivity (Wildman–Crippen MR) is 109 cm³/mol. The number of aromatic nitrogens is 3. The number of para-hydroxylation sites is 1. The normalized spacial score (nSPS) is 19.5. The molecule has 2 atom stereocenters. The van der Waals surface area contributed by atoms with Gasteiger partial charge in [-0.3, -0.25) is 0 Å². The van der Waals surface area contributed by atoms with E-state index in [9.17, 15) is 0 Å². The van der Waals surface area contributed by atoms with Gasteiger partial charge in [-0.05, 0) is 37.6 Å². The Balaban J connectivity index is 1.69. The number of benzene rings is 1. The fourth-order valence-corrected chi connectivity index (χ4v) is 3.51. The van der Waals surface area contributed by atoms with Gasteiger partial charge >= 0.3 is 0 Å². The van der Waals surface area contributed by atoms with Crippen molar-refractivity contribution >= 4 is 22.4 Å². The van der Waals surface area contributed by atoms with Gasteiger partial charge in [0.15, 0.2) is 0 Å². The van der Waals surface area contributed by atoms with Crippen LogP contribution in [-0.2, 0) is 0 Å². The number of nitrogens with two attached hydrogens (primary N) is 1. The van der Waals surface area contributed by atoms with E-state index in [-0.39, 0.29) is 18.1 Å². The van der Waals surface area contributed by atoms with Crippen molar-refractivity contribution in [3.05, 3.63) is 66.6 Å². The molecule has 2 heterocycles. The summed E-state index contributed by atoms with van der Waals surface area (Å²) in [6, 6.07) is 10.2. The summed E-state index contributed by atoms with van der Waals surface area (Å²) in [4.78, 5) is 8.67. The average Bonchev–Trinajstić information content (AvgIpc) is 3.06. The quantitative estimate of drug-likeness (QED) is 0.736. The molecular weight excluding hydrogens is 336 g/mol. The Hall–Kier alpha value is -3.08. The van der Waals surface area contributed by atoms with Crippen molar-refractivity contribution in [2.24, 2.45) is 5.92 Å². The molecule has 2 aromatic heterocycles. The molecule has 0 amide bonds. The van der Waals surface area contributed by atoms with Gasteiger partial charge in [0.2, 0.25) is 0 Å². The zero-order chi connectivity index (χ0) is 19.0. The Kier molecular flexibility index (Phi) is 4.44. The summed E-state index contributed by atoms with van der Waals surface area (Å²) in [6.07, 6.45) is 10.1. The number of nitrogens with zero attached hydrogens (tertiary/aromatic N) is 3. The van der Waals surface area contributed by atoms with Gasteiger partial charge < -0.3 is 15.0 Å². The number of allylic oxidation sites excluding steroid dienone is 2. The van der Waals surface area contributed by atoms with Crippen molar-refractivity contribution in [3.63, 3.8) is 0 Å². The summed E-state index contributed by atoms with van der Waals surface area (Å²) >= 11 is 0. The largest absolute Gasteiger partial charge is 0.486 e. The molecule has 27 heavy (non-hydrogen) atoms. The lowest BCUT2D eigenvalue weighted by atomic mass is 9.91. The number of anilines is 1. The third kappa shape index (κ3) is 3.21. The van der Waals surface area contributed by atoms with Crippen molar-refractivity contribution in [1.29, 1.82) is 0 Å². The highest BCUT2D eigenvalue weighted by Gasteiger charge is 2.23. The van der Waals surface area contributed by atoms with E-state index >= 15 is 0 Å². The van der Waals surface area contributed by atoms with E-state index in [4.69, 9.17) is 10.5 Å². The molecule has 0 bridgehead atoms. The van der Waals surface area contributed by atoms with E-state index < -0.39 is 0 Å². The average molecular weight is 360 g/mol. The molecule has 2 N–H and O–H groups in total. The van der Waals surface area contributed by atoms with Crippen molar-refractivity contribution in [2.45, 2.75) is 32.9 Å². The molecule has 1 aliphatic rings. The van der Waals surface area contributed by atoms with Crippen LogP contribution in [0.2, 0.25) is 0 Å². The van der Waals surface area contributed by atoms with Crippen molar-refractivity contribution in [1.82, 2.24) is 14.5 Å². The van der Waals surface area contributed by atoms with E-state index in [2.05, 4.69) is 59.7 Å². The zero-order valence-electron chi connectivity index (χ0n) is 15.8. The van der Waals surface area contributed by atoms with Crippen LogP contribution in [-0.4, -0.2) is 20.6 Å². The second-order valence-electron chi connectivity index (χ2n) is 7.24. The monoisotopic (exact) mass is 360 g/mol. The molecule has 0 aliphatic heterocycles. The highest BCUT2D eigenvalue weighted by Crippen LogP contribution is 2.35. The first-order chi connectivity index (χ1) is 13.0. The Labute approximate surface area is 159 Å². The molecule has 3 aromatic rings. The standard InChI is InChI=1S/C22H24N4O/c1-14(2)26-12-18(20-21(23)24-13-25-22(20)26)16-9-10-19(15(3)11-16)27-17-7-5-4-6-8-17/h4-15,19H,1-3H3,(H2,23,24,25). The predicted octanol–water partition coefficient (Wildman–Crippen LogP) is 4.63. The number of fused-ring (bicyclic) bond motifs is 1. The fourth-order valence-electron chi connectivity index (χ4n) is 3.51. The maximum Gasteiger partial charge on any atom is 0.146 e. The third-order valence-electron chi connectivity index (χ3n) is 4.95. The SMILES string of the molecule is CC1C=C(c2cn(C(C)C)c3ncnc(N)c23)C=CC1Oc1ccccc1. The fraction of sp³-hybridized carbons (Fsp3) is 0.273. The molecule has 0 saturated heterocycles. The number of hydrogen-bond acceptors (Lipinski definition) is 4. The van der Waals surface area contributed by atoms with E-state index in [1.54, 1.807) is 0 Å². The summed E-state index contributed by atoms with van der Waals surface area (Å²) < 4.78 is 8.27. The van der Waals surface area contributed by atoms with Crippen molar-refractivity contribution in [3.8, 4) is 5.75 Å². The smallest absolute Gasteiger partial charge is 0.146 e. The van der Waals surface area contributed by atoms with Gasteiger partial charge in [0, 0.05) is 23.7 Å². The number of hydrogen-bond donors (Lipinski definition) is 1. The van der Waals surface area contributed by atoms with Crippen LogP contribution in [0.5, 0.6) is 5.75 Å². The number of rotatable bonds is 4. The van der Waals surface area contributed by atoms with Crippen molar-refractivity contribution < 1.29 is 4.74 Å². The highest BCUT2D eigenvalue weighted by atomic mass is 16.5. The lowest BCUT2D eigenvalue weighted by molar-refractivity contribution is 0.210. The molecule has 4 rings (SSSR count). The summed E-state index contributed by atoms with van der Waals surface area (Å²) in [5.41, 5.74) is 9.27. The Bertz CT molecular complexity index is 1020. The first-order valence-corrected chi connectivity index (χ1v) is 9.27. The highest BCUT2D eigenvalue weighted by molar-refractivity contribution is 5.99. The third-order valence-corrected chi connectivity index (χ3v) is 4.95. The van der Waals surface area contributed by atoms with Gasteiger partial charge in [-0.15, -0.1) is 0 Å². The number of nitrogen functional groups attached to an aromatic ring is 1. The van der Waals surface area contributed by atoms with Crippen LogP contribution < -0.4 is 10.5 Å². The molecule has 0 radical (unpaired) electrons. The van der Waals surface area contributed by atoms with Crippen LogP contribution in [0.25, 0.3) is 16.6 Å². The topological polar surface area (TPSA) is 66.0 Å². The van der Waals surface area contributed by atoms with Gasteiger partial charge in [-0.1, -0.05) is 37.3 Å². The Morgan fingerprint density at radius 2 is 1.93 bits per heavy atom. The minimum atomic E-state index is 0.00296. The van der Waals surface area contributed by atoms with E-state index in [0.29, 0.717) is 5.82 Å². The van der Waals surface area contributed by atoms with Gasteiger partial charge in [0.25, 0.3) is 0 Å². The zero-order valence-corrected chi connectivity index (χ0v) is 15.8. The molecule has 0 fully saturated rings. The summed E-state index contributed by atoms with van der Waals surface area (Å²) in [5, 5.41) is 0.914. The minimum Gasteiger partial charge on any atom is -0.486 e. The molecule has 0 spiro atoms. The van der Waals surface area contributed by atoms with Crippen LogP contribution in [0, 0.1) is 5.92 Å². The second-order valence-corrected chi connectivity index (χ2v) is 7.24. The first kappa shape index (κ1) is 17.3. The Morgan fingerprint density at radius 3 is 2.63 bits per heavy atom. The van der Waals surface area contributed by atoms with Crippen LogP contribution in [0.1, 0.15) is 32.4 Å². The molecular formula is C22H24N4O. The summed E-state index contributed by atoms with van der Waals surface area (Å²) in [5.74, 6) is 1.62. The van der Waals surface area contributed by atoms with Crippen molar-refractivity contribution in [2.75, 3.05) is 5.73 Å². The van der Waals surface area contributed by atoms with Gasteiger partial charge in [0.05, 0.1) is 5.39 Å². The molecule has 0 saturated carbocycles. The van der Waals surface area contributed by atoms with Gasteiger partial charge in [0.1, 0.15) is 29.6 Å². The van der Waals surface area contributed by atoms with Crippen LogP contribution >= 0.6 is 0 Å². The molecule has 1 aliphatic carbocycles. The summed E-state index contributed by atoms with van der Waals surface area (Å²) in [6.45, 7) is 6.44. The molecule has 2 unspecified atom stereocenters. The molecule has 5 nitrogen and oxygen atoms in total.